The van der Waals surface area contributed by atoms with Crippen molar-refractivity contribution in [3.63, 3.8) is 0 Å². The molecule has 0 saturated heterocycles. The Kier molecular flexibility index (Phi) is 14.5. The van der Waals surface area contributed by atoms with E-state index >= 15 is 0 Å². The Morgan fingerprint density at radius 1 is 0.759 bits per heavy atom. The Morgan fingerprint density at radius 3 is 2.13 bits per heavy atom. The second-order valence-corrected chi connectivity index (χ2v) is 12.9. The van der Waals surface area contributed by atoms with Gasteiger partial charge in [0.25, 0.3) is 0 Å². The van der Waals surface area contributed by atoms with Gasteiger partial charge in [-0.2, -0.15) is 0 Å². The second-order valence-electron chi connectivity index (χ2n) is 12.9. The van der Waals surface area contributed by atoms with Crippen LogP contribution in [0.1, 0.15) is 43.2 Å². The molecule has 0 radical (unpaired) electrons. The molecule has 286 valence electrons. The SMILES string of the molecule is NC(=O)CCC(NC(=O)C(Cc1c[nH]c2ccccc12)NC(=O)C(CCCN=C(N)N)NC(=O)C(CC(=O)NO)Cc1ccc2ccccc2c1)C(=O)O. The van der Waals surface area contributed by atoms with Crippen molar-refractivity contribution < 1.29 is 39.1 Å². The minimum absolute atomic E-state index is 0.00102. The highest BCUT2D eigenvalue weighted by Gasteiger charge is 2.32. The monoisotopic (exact) mass is 743 g/mol. The molecule has 4 rings (SSSR count). The average Bonchev–Trinajstić information content (AvgIpc) is 3.55. The van der Waals surface area contributed by atoms with Gasteiger partial charge in [-0.3, -0.25) is 34.2 Å². The average molecular weight is 744 g/mol. The number of hydrogen-bond acceptors (Lipinski definition) is 8. The van der Waals surface area contributed by atoms with Crippen LogP contribution in [0.3, 0.4) is 0 Å². The normalized spacial score (nSPS) is 13.2. The molecule has 1 heterocycles. The van der Waals surface area contributed by atoms with Crippen LogP contribution in [0.15, 0.2) is 77.9 Å². The summed E-state index contributed by atoms with van der Waals surface area (Å²) in [6, 6.07) is 16.3. The third-order valence-corrected chi connectivity index (χ3v) is 8.83. The van der Waals surface area contributed by atoms with E-state index in [1.807, 2.05) is 60.7 Å². The van der Waals surface area contributed by atoms with Crippen LogP contribution in [0.5, 0.6) is 0 Å². The highest BCUT2D eigenvalue weighted by atomic mass is 16.5. The summed E-state index contributed by atoms with van der Waals surface area (Å²) < 4.78 is 0. The number of aromatic amines is 1. The number of H-pyrrole nitrogens is 1. The summed E-state index contributed by atoms with van der Waals surface area (Å²) in [4.78, 5) is 84.4. The van der Waals surface area contributed by atoms with Gasteiger partial charge in [0.15, 0.2) is 5.96 Å². The van der Waals surface area contributed by atoms with E-state index in [0.29, 0.717) is 5.56 Å². The van der Waals surface area contributed by atoms with E-state index in [2.05, 4.69) is 25.9 Å². The molecule has 17 heteroatoms. The summed E-state index contributed by atoms with van der Waals surface area (Å²) in [5, 5.41) is 29.5. The Hall–Kier alpha value is -6.49. The molecule has 5 amide bonds. The van der Waals surface area contributed by atoms with Crippen molar-refractivity contribution in [2.45, 2.75) is 63.1 Å². The van der Waals surface area contributed by atoms with Gasteiger partial charge in [-0.05, 0) is 53.6 Å². The van der Waals surface area contributed by atoms with Crippen molar-refractivity contribution >= 4 is 63.1 Å². The summed E-state index contributed by atoms with van der Waals surface area (Å²) in [5.74, 6) is -6.50. The number of para-hydroxylation sites is 1. The third-order valence-electron chi connectivity index (χ3n) is 8.83. The molecule has 4 unspecified atom stereocenters. The lowest BCUT2D eigenvalue weighted by molar-refractivity contribution is -0.142. The number of aromatic nitrogens is 1. The summed E-state index contributed by atoms with van der Waals surface area (Å²) in [7, 11) is 0. The first kappa shape index (κ1) is 40.3. The van der Waals surface area contributed by atoms with Gasteiger partial charge >= 0.3 is 5.97 Å². The van der Waals surface area contributed by atoms with Gasteiger partial charge < -0.3 is 43.2 Å². The first-order valence-corrected chi connectivity index (χ1v) is 17.3. The lowest BCUT2D eigenvalue weighted by atomic mass is 9.93. The summed E-state index contributed by atoms with van der Waals surface area (Å²) in [6.07, 6.45) is 0.877. The van der Waals surface area contributed by atoms with E-state index < -0.39 is 66.0 Å². The minimum Gasteiger partial charge on any atom is -0.480 e. The first-order chi connectivity index (χ1) is 25.8. The molecule has 4 aromatic rings. The number of primary amides is 1. The maximum atomic E-state index is 14.1. The highest BCUT2D eigenvalue weighted by Crippen LogP contribution is 2.21. The number of carbonyl (C=O) groups is 6. The lowest BCUT2D eigenvalue weighted by Crippen LogP contribution is -2.57. The van der Waals surface area contributed by atoms with Crippen LogP contribution < -0.4 is 38.6 Å². The topological polar surface area (TPSA) is 297 Å². The second kappa shape index (κ2) is 19.4. The number of nitrogens with one attached hydrogen (secondary N) is 5. The van der Waals surface area contributed by atoms with E-state index in [9.17, 15) is 39.1 Å². The molecule has 0 saturated carbocycles. The molecule has 3 aromatic carbocycles. The molecule has 1 aromatic heterocycles. The molecule has 17 nitrogen and oxygen atoms in total. The maximum Gasteiger partial charge on any atom is 0.326 e. The number of aliphatic carboxylic acids is 1. The van der Waals surface area contributed by atoms with Gasteiger partial charge in [0.2, 0.25) is 29.5 Å². The van der Waals surface area contributed by atoms with Crippen molar-refractivity contribution in [2.75, 3.05) is 6.54 Å². The Balaban J connectivity index is 1.61. The van der Waals surface area contributed by atoms with Gasteiger partial charge in [0.05, 0.1) is 5.92 Å². The van der Waals surface area contributed by atoms with E-state index in [1.54, 1.807) is 17.7 Å². The number of guanidine groups is 1. The van der Waals surface area contributed by atoms with Gasteiger partial charge in [0.1, 0.15) is 18.1 Å². The predicted molar refractivity (Wildman–Crippen MR) is 199 cm³/mol. The fourth-order valence-electron chi connectivity index (χ4n) is 6.06. The lowest BCUT2D eigenvalue weighted by Gasteiger charge is -2.26. The molecule has 0 aliphatic rings. The number of nitrogens with zero attached hydrogens (tertiary/aromatic N) is 1. The number of hydroxylamine groups is 1. The van der Waals surface area contributed by atoms with Crippen molar-refractivity contribution in [3.05, 3.63) is 84.1 Å². The molecular weight excluding hydrogens is 698 g/mol. The molecular formula is C37H45N9O8. The summed E-state index contributed by atoms with van der Waals surface area (Å²) in [5.41, 5.74) is 19.8. The quantitative estimate of drug-likeness (QED) is 0.0196. The molecule has 0 fully saturated rings. The number of carbonyl (C=O) groups excluding carboxylic acids is 5. The van der Waals surface area contributed by atoms with E-state index in [4.69, 9.17) is 17.2 Å². The predicted octanol–water partition coefficient (Wildman–Crippen LogP) is 0.476. The Labute approximate surface area is 310 Å². The molecule has 13 N–H and O–H groups in total. The van der Waals surface area contributed by atoms with Gasteiger partial charge in [-0.25, -0.2) is 10.3 Å². The fraction of sp³-hybridized carbons (Fsp3) is 0.324. The van der Waals surface area contributed by atoms with Crippen molar-refractivity contribution in [1.29, 1.82) is 0 Å². The number of hydrogen-bond donors (Lipinski definition) is 10. The van der Waals surface area contributed by atoms with E-state index in [-0.39, 0.29) is 51.0 Å². The van der Waals surface area contributed by atoms with Crippen molar-refractivity contribution in [1.82, 2.24) is 26.4 Å². The van der Waals surface area contributed by atoms with Gasteiger partial charge in [-0.1, -0.05) is 60.7 Å². The number of nitrogens with two attached hydrogens (primary N) is 3. The minimum atomic E-state index is -1.49. The van der Waals surface area contributed by atoms with E-state index in [0.717, 1.165) is 27.2 Å². The number of benzene rings is 3. The molecule has 0 bridgehead atoms. The Bertz CT molecular complexity index is 2010. The zero-order valence-electron chi connectivity index (χ0n) is 29.4. The molecule has 0 aliphatic heterocycles. The number of carboxylic acids is 1. The number of carboxylic acid groups (broad SMARTS) is 1. The van der Waals surface area contributed by atoms with Crippen LogP contribution in [-0.2, 0) is 41.6 Å². The number of fused-ring (bicyclic) bond motifs is 2. The van der Waals surface area contributed by atoms with Crippen molar-refractivity contribution in [3.8, 4) is 0 Å². The molecule has 0 aliphatic carbocycles. The van der Waals surface area contributed by atoms with Crippen molar-refractivity contribution in [2.24, 2.45) is 28.1 Å². The van der Waals surface area contributed by atoms with Crippen LogP contribution in [0.2, 0.25) is 0 Å². The number of amides is 5. The summed E-state index contributed by atoms with van der Waals surface area (Å²) in [6.45, 7) is 0.106. The fourth-order valence-corrected chi connectivity index (χ4v) is 6.06. The molecule has 4 atom stereocenters. The van der Waals surface area contributed by atoms with Crippen LogP contribution >= 0.6 is 0 Å². The molecule has 54 heavy (non-hydrogen) atoms. The molecule has 0 spiro atoms. The van der Waals surface area contributed by atoms with Crippen LogP contribution in [0.25, 0.3) is 21.7 Å². The zero-order valence-corrected chi connectivity index (χ0v) is 29.4. The van der Waals surface area contributed by atoms with Crippen LogP contribution in [0.4, 0.5) is 0 Å². The van der Waals surface area contributed by atoms with Gasteiger partial charge in [-0.15, -0.1) is 0 Å². The number of aliphatic imine (C=N–C) groups is 1. The van der Waals surface area contributed by atoms with Crippen LogP contribution in [0, 0.1) is 5.92 Å². The van der Waals surface area contributed by atoms with Crippen LogP contribution in [-0.4, -0.2) is 81.4 Å². The van der Waals surface area contributed by atoms with E-state index in [1.165, 1.54) is 0 Å². The van der Waals surface area contributed by atoms with Gasteiger partial charge in [0, 0.05) is 42.9 Å². The standard InChI is InChI=1S/C37H45N9O8/c38-31(47)14-13-29(36(52)53)44-35(51)30(18-25-20-42-27-9-4-3-8-26(25)27)45-34(50)28(10-5-15-41-37(39)40)43-33(49)24(19-32(48)46-54)17-21-11-12-22-6-1-2-7-23(22)16-21/h1-4,6-9,11-12,16,20,24,28-30,42,54H,5,10,13-15,17-19H2,(H2,38,47)(H,43,49)(H,44,51)(H,45,50)(H,46,48)(H,52,53)(H4,39,40,41). The first-order valence-electron chi connectivity index (χ1n) is 17.3. The smallest absolute Gasteiger partial charge is 0.326 e. The maximum absolute atomic E-state index is 14.1. The number of rotatable bonds is 20. The largest absolute Gasteiger partial charge is 0.480 e. The highest BCUT2D eigenvalue weighted by molar-refractivity contribution is 5.95. The zero-order chi connectivity index (χ0) is 39.2. The summed E-state index contributed by atoms with van der Waals surface area (Å²) >= 11 is 0. The third kappa shape index (κ3) is 11.8. The Morgan fingerprint density at radius 2 is 1.43 bits per heavy atom.